The van der Waals surface area contributed by atoms with E-state index < -0.39 is 28.9 Å². The summed E-state index contributed by atoms with van der Waals surface area (Å²) in [6, 6.07) is 1.36. The number of hydrogen-bond donors (Lipinski definition) is 0. The summed E-state index contributed by atoms with van der Waals surface area (Å²) in [7, 11) is 0.998. The molecule has 15 heavy (non-hydrogen) atoms. The van der Waals surface area contributed by atoms with Crippen molar-refractivity contribution < 1.29 is 26.3 Å². The van der Waals surface area contributed by atoms with E-state index in [2.05, 4.69) is 0 Å². The normalized spacial score (nSPS) is 12.9. The van der Waals surface area contributed by atoms with Crippen molar-refractivity contribution in [2.45, 2.75) is 12.4 Å². The van der Waals surface area contributed by atoms with Crippen LogP contribution in [-0.2, 0) is 12.4 Å². The van der Waals surface area contributed by atoms with Crippen LogP contribution < -0.4 is 5.46 Å². The quantitative estimate of drug-likeness (QED) is 0.468. The van der Waals surface area contributed by atoms with Gasteiger partial charge in [0, 0.05) is 5.56 Å². The Morgan fingerprint density at radius 2 is 1.40 bits per heavy atom. The van der Waals surface area contributed by atoms with Gasteiger partial charge in [-0.25, -0.2) is 0 Å². The second-order valence-electron chi connectivity index (χ2n) is 3.03. The van der Waals surface area contributed by atoms with E-state index in [4.69, 9.17) is 0 Å². The Morgan fingerprint density at radius 3 is 1.73 bits per heavy atom. The van der Waals surface area contributed by atoms with Gasteiger partial charge in [0.05, 0.1) is 5.56 Å². The second-order valence-corrected chi connectivity index (χ2v) is 3.03. The average Bonchev–Trinajstić information content (AvgIpc) is 1.99. The molecule has 1 aromatic carbocycles. The molecule has 0 bridgehead atoms. The summed E-state index contributed by atoms with van der Waals surface area (Å²) in [6.07, 6.45) is -9.23. The van der Waals surface area contributed by atoms with Crippen molar-refractivity contribution in [3.63, 3.8) is 0 Å². The topological polar surface area (TPSA) is 0 Å². The molecule has 0 aliphatic heterocycles. The third kappa shape index (κ3) is 2.67. The van der Waals surface area contributed by atoms with Crippen molar-refractivity contribution in [1.29, 1.82) is 0 Å². The zero-order valence-electron chi connectivity index (χ0n) is 7.50. The molecular weight excluding hydrogens is 221 g/mol. The zero-order valence-corrected chi connectivity index (χ0v) is 7.50. The van der Waals surface area contributed by atoms with E-state index in [0.29, 0.717) is 18.2 Å². The first-order valence-corrected chi connectivity index (χ1v) is 3.87. The average molecular weight is 226 g/mol. The SMILES string of the molecule is Bc1cc(C(F)(F)F)ccc1C(F)(F)F. The standard InChI is InChI=1S/C8H5BF6/c9-6-3-4(7(10,11)12)1-2-5(6)8(13,14)15/h1-3H,9H2. The van der Waals surface area contributed by atoms with Gasteiger partial charge in [-0.3, -0.25) is 0 Å². The summed E-state index contributed by atoms with van der Waals surface area (Å²) in [5.41, 5.74) is -2.55. The van der Waals surface area contributed by atoms with Crippen LogP contribution >= 0.6 is 0 Å². The Hall–Kier alpha value is -1.14. The Kier molecular flexibility index (Phi) is 2.76. The fourth-order valence-electron chi connectivity index (χ4n) is 1.16. The van der Waals surface area contributed by atoms with Crippen molar-refractivity contribution in [2.24, 2.45) is 0 Å². The molecule has 0 fully saturated rings. The van der Waals surface area contributed by atoms with Crippen molar-refractivity contribution in [3.05, 3.63) is 29.3 Å². The molecule has 7 heteroatoms. The fourth-order valence-corrected chi connectivity index (χ4v) is 1.16. The Morgan fingerprint density at radius 1 is 0.867 bits per heavy atom. The number of rotatable bonds is 0. The van der Waals surface area contributed by atoms with Crippen molar-refractivity contribution in [1.82, 2.24) is 0 Å². The summed E-state index contributed by atoms with van der Waals surface area (Å²) in [6.45, 7) is 0. The fraction of sp³-hybridized carbons (Fsp3) is 0.250. The van der Waals surface area contributed by atoms with E-state index in [1.807, 2.05) is 0 Å². The van der Waals surface area contributed by atoms with Crippen molar-refractivity contribution >= 4 is 13.3 Å². The lowest BCUT2D eigenvalue weighted by Gasteiger charge is -2.13. The van der Waals surface area contributed by atoms with Gasteiger partial charge in [0.1, 0.15) is 7.85 Å². The van der Waals surface area contributed by atoms with Crippen LogP contribution in [-0.4, -0.2) is 7.85 Å². The van der Waals surface area contributed by atoms with Gasteiger partial charge in [0.2, 0.25) is 0 Å². The smallest absolute Gasteiger partial charge is 0.166 e. The van der Waals surface area contributed by atoms with Crippen LogP contribution in [0.1, 0.15) is 11.1 Å². The maximum Gasteiger partial charge on any atom is 0.416 e. The van der Waals surface area contributed by atoms with E-state index in [-0.39, 0.29) is 0 Å². The third-order valence-electron chi connectivity index (χ3n) is 1.86. The zero-order chi connectivity index (χ0) is 11.9. The van der Waals surface area contributed by atoms with Crippen molar-refractivity contribution in [2.75, 3.05) is 0 Å². The largest absolute Gasteiger partial charge is 0.416 e. The molecular formula is C8H5BF6. The number of hydrogen-bond acceptors (Lipinski definition) is 0. The highest BCUT2D eigenvalue weighted by molar-refractivity contribution is 6.33. The van der Waals surface area contributed by atoms with E-state index in [0.717, 1.165) is 7.85 Å². The van der Waals surface area contributed by atoms with Gasteiger partial charge >= 0.3 is 12.4 Å². The van der Waals surface area contributed by atoms with Gasteiger partial charge in [0.15, 0.2) is 0 Å². The molecule has 0 radical (unpaired) electrons. The first-order valence-electron chi connectivity index (χ1n) is 3.87. The molecule has 0 aliphatic carbocycles. The van der Waals surface area contributed by atoms with Crippen LogP contribution in [0.4, 0.5) is 26.3 Å². The van der Waals surface area contributed by atoms with Gasteiger partial charge in [-0.15, -0.1) is 0 Å². The maximum absolute atomic E-state index is 12.2. The number of alkyl halides is 6. The summed E-state index contributed by atoms with van der Waals surface area (Å²) in [5, 5.41) is 0. The lowest BCUT2D eigenvalue weighted by molar-refractivity contribution is -0.140. The summed E-state index contributed by atoms with van der Waals surface area (Å²) in [5.74, 6) is 0. The molecule has 0 nitrogen and oxygen atoms in total. The monoisotopic (exact) mass is 226 g/mol. The predicted molar refractivity (Wildman–Crippen MR) is 44.6 cm³/mol. The Labute approximate surface area is 82.3 Å². The van der Waals surface area contributed by atoms with Gasteiger partial charge in [-0.2, -0.15) is 26.3 Å². The van der Waals surface area contributed by atoms with Gasteiger partial charge in [-0.1, -0.05) is 11.5 Å². The van der Waals surface area contributed by atoms with E-state index in [1.165, 1.54) is 0 Å². The molecule has 0 atom stereocenters. The number of halogens is 6. The van der Waals surface area contributed by atoms with Crippen LogP contribution in [0.3, 0.4) is 0 Å². The Bertz CT molecular complexity index is 364. The molecule has 0 saturated heterocycles. The van der Waals surface area contributed by atoms with Gasteiger partial charge in [0.25, 0.3) is 0 Å². The molecule has 0 heterocycles. The molecule has 0 amide bonds. The number of benzene rings is 1. The molecule has 0 aliphatic rings. The van der Waals surface area contributed by atoms with Crippen LogP contribution in [0.2, 0.25) is 0 Å². The van der Waals surface area contributed by atoms with Crippen LogP contribution in [0.15, 0.2) is 18.2 Å². The highest BCUT2D eigenvalue weighted by atomic mass is 19.4. The molecule has 1 rings (SSSR count). The molecule has 0 N–H and O–H groups in total. The summed E-state index contributed by atoms with van der Waals surface area (Å²) < 4.78 is 72.9. The highest BCUT2D eigenvalue weighted by Crippen LogP contribution is 2.32. The highest BCUT2D eigenvalue weighted by Gasteiger charge is 2.35. The minimum atomic E-state index is -4.62. The summed E-state index contributed by atoms with van der Waals surface area (Å²) in [4.78, 5) is 0. The molecule has 82 valence electrons. The van der Waals surface area contributed by atoms with Crippen molar-refractivity contribution in [3.8, 4) is 0 Å². The first-order chi connectivity index (χ1) is 6.62. The maximum atomic E-state index is 12.2. The Balaban J connectivity index is 3.21. The summed E-state index contributed by atoms with van der Waals surface area (Å²) >= 11 is 0. The lowest BCUT2D eigenvalue weighted by Crippen LogP contribution is -2.21. The van der Waals surface area contributed by atoms with Crippen LogP contribution in [0, 0.1) is 0 Å². The lowest BCUT2D eigenvalue weighted by atomic mass is 9.88. The van der Waals surface area contributed by atoms with Crippen LogP contribution in [0.5, 0.6) is 0 Å². The molecule has 1 aromatic rings. The minimum Gasteiger partial charge on any atom is -0.166 e. The molecule has 0 saturated carbocycles. The van der Waals surface area contributed by atoms with E-state index in [1.54, 1.807) is 0 Å². The molecule has 0 unspecified atom stereocenters. The second kappa shape index (κ2) is 3.46. The minimum absolute atomic E-state index is 0.426. The van der Waals surface area contributed by atoms with E-state index >= 15 is 0 Å². The van der Waals surface area contributed by atoms with E-state index in [9.17, 15) is 26.3 Å². The van der Waals surface area contributed by atoms with Gasteiger partial charge < -0.3 is 0 Å². The van der Waals surface area contributed by atoms with Crippen LogP contribution in [0.25, 0.3) is 0 Å². The van der Waals surface area contributed by atoms with Gasteiger partial charge in [-0.05, 0) is 12.1 Å². The molecule has 0 spiro atoms. The molecule has 0 aromatic heterocycles. The first kappa shape index (κ1) is 11.9. The third-order valence-corrected chi connectivity index (χ3v) is 1.86. The predicted octanol–water partition coefficient (Wildman–Crippen LogP) is 1.98.